The van der Waals surface area contributed by atoms with Gasteiger partial charge in [-0.05, 0) is 36.8 Å². The number of carbonyl (C=O) groups is 2. The van der Waals surface area contributed by atoms with Crippen molar-refractivity contribution in [3.63, 3.8) is 0 Å². The number of rotatable bonds is 6. The molecule has 0 radical (unpaired) electrons. The van der Waals surface area contributed by atoms with Gasteiger partial charge in [0.15, 0.2) is 5.43 Å². The molecular weight excluding hydrogens is 390 g/mol. The molecule has 4 aromatic rings. The van der Waals surface area contributed by atoms with E-state index >= 15 is 0 Å². The zero-order valence-corrected chi connectivity index (χ0v) is 17.2. The molecule has 0 bridgehead atoms. The Morgan fingerprint density at radius 1 is 0.839 bits per heavy atom. The predicted octanol–water partition coefficient (Wildman–Crippen LogP) is 2.98. The fraction of sp³-hybridized carbons (Fsp3) is 0.160. The highest BCUT2D eigenvalue weighted by atomic mass is 16.2. The van der Waals surface area contributed by atoms with Gasteiger partial charge in [0.2, 0.25) is 11.8 Å². The summed E-state index contributed by atoms with van der Waals surface area (Å²) in [5.74, 6) is -0.562. The Kier molecular flexibility index (Phi) is 5.80. The maximum Gasteiger partial charge on any atom is 0.242 e. The van der Waals surface area contributed by atoms with E-state index in [4.69, 9.17) is 0 Å². The minimum absolute atomic E-state index is 0.00237. The molecule has 0 spiro atoms. The highest BCUT2D eigenvalue weighted by Crippen LogP contribution is 2.19. The summed E-state index contributed by atoms with van der Waals surface area (Å²) in [5.41, 5.74) is 2.29. The van der Waals surface area contributed by atoms with Crippen molar-refractivity contribution in [3.05, 3.63) is 94.6 Å². The van der Waals surface area contributed by atoms with Crippen molar-refractivity contribution in [2.45, 2.75) is 26.1 Å². The van der Waals surface area contributed by atoms with Crippen LogP contribution in [0.4, 0.5) is 0 Å². The lowest BCUT2D eigenvalue weighted by Gasteiger charge is -2.17. The van der Waals surface area contributed by atoms with Crippen LogP contribution in [0.1, 0.15) is 12.5 Å². The van der Waals surface area contributed by atoms with Crippen molar-refractivity contribution in [2.75, 3.05) is 0 Å². The van der Waals surface area contributed by atoms with E-state index in [1.807, 2.05) is 71.3 Å². The van der Waals surface area contributed by atoms with E-state index in [1.54, 1.807) is 19.1 Å². The van der Waals surface area contributed by atoms with Gasteiger partial charge in [-0.1, -0.05) is 54.6 Å². The molecule has 1 heterocycles. The van der Waals surface area contributed by atoms with Gasteiger partial charge >= 0.3 is 0 Å². The quantitative estimate of drug-likeness (QED) is 0.477. The summed E-state index contributed by atoms with van der Waals surface area (Å²) in [5, 5.41) is 6.71. The van der Waals surface area contributed by atoms with Crippen LogP contribution in [-0.2, 0) is 22.7 Å². The summed E-state index contributed by atoms with van der Waals surface area (Å²) >= 11 is 0. The number of pyridine rings is 1. The maximum atomic E-state index is 12.8. The highest BCUT2D eigenvalue weighted by Gasteiger charge is 2.17. The first-order valence-corrected chi connectivity index (χ1v) is 10.2. The number of hydrogen-bond donors (Lipinski definition) is 2. The number of para-hydroxylation sites is 2. The van der Waals surface area contributed by atoms with Gasteiger partial charge in [-0.3, -0.25) is 14.4 Å². The van der Waals surface area contributed by atoms with E-state index in [9.17, 15) is 14.4 Å². The van der Waals surface area contributed by atoms with Gasteiger partial charge in [0.1, 0.15) is 12.6 Å². The third kappa shape index (κ3) is 4.33. The van der Waals surface area contributed by atoms with E-state index in [-0.39, 0.29) is 23.8 Å². The molecule has 0 fully saturated rings. The lowest BCUT2D eigenvalue weighted by atomic mass is 10.1. The Hall–Kier alpha value is -3.93. The average Bonchev–Trinajstić information content (AvgIpc) is 2.80. The van der Waals surface area contributed by atoms with Crippen LogP contribution in [-0.4, -0.2) is 22.4 Å². The predicted molar refractivity (Wildman–Crippen MR) is 122 cm³/mol. The number of amides is 2. The highest BCUT2D eigenvalue weighted by molar-refractivity contribution is 5.95. The average molecular weight is 413 g/mol. The Labute approximate surface area is 179 Å². The maximum absolute atomic E-state index is 12.8. The van der Waals surface area contributed by atoms with Gasteiger partial charge in [0.05, 0.1) is 11.0 Å². The number of hydrogen-bond acceptors (Lipinski definition) is 3. The summed E-state index contributed by atoms with van der Waals surface area (Å²) in [4.78, 5) is 38.0. The van der Waals surface area contributed by atoms with Crippen LogP contribution in [0, 0.1) is 0 Å². The fourth-order valence-corrected chi connectivity index (χ4v) is 3.68. The van der Waals surface area contributed by atoms with Gasteiger partial charge in [-0.15, -0.1) is 0 Å². The number of benzene rings is 3. The molecule has 0 aliphatic heterocycles. The summed E-state index contributed by atoms with van der Waals surface area (Å²) < 4.78 is 1.82. The Morgan fingerprint density at radius 3 is 2.00 bits per heavy atom. The number of carbonyl (C=O) groups excluding carboxylic acids is 2. The van der Waals surface area contributed by atoms with Gasteiger partial charge in [0.25, 0.3) is 0 Å². The largest absolute Gasteiger partial charge is 0.350 e. The monoisotopic (exact) mass is 413 g/mol. The number of nitrogens with zero attached hydrogens (tertiary/aromatic N) is 1. The standard InChI is InChI=1S/C25H23N3O3/c1-17(25(31)26-15-18-9-3-2-4-10-18)27-23(29)16-28-21-13-7-5-11-19(21)24(30)20-12-6-8-14-22(20)28/h2-14,17H,15-16H2,1H3,(H,26,31)(H,27,29). The number of fused-ring (bicyclic) bond motifs is 2. The van der Waals surface area contributed by atoms with Crippen LogP contribution in [0.15, 0.2) is 83.7 Å². The molecule has 31 heavy (non-hydrogen) atoms. The lowest BCUT2D eigenvalue weighted by molar-refractivity contribution is -0.128. The van der Waals surface area contributed by atoms with Crippen molar-refractivity contribution < 1.29 is 9.59 Å². The van der Waals surface area contributed by atoms with Crippen LogP contribution in [0.3, 0.4) is 0 Å². The van der Waals surface area contributed by atoms with E-state index < -0.39 is 6.04 Å². The Bertz CT molecular complexity index is 1250. The molecule has 0 aliphatic carbocycles. The molecule has 1 aromatic heterocycles. The summed E-state index contributed by atoms with van der Waals surface area (Å²) in [6.07, 6.45) is 0. The van der Waals surface area contributed by atoms with Crippen molar-refractivity contribution in [1.82, 2.24) is 15.2 Å². The molecule has 0 saturated heterocycles. The van der Waals surface area contributed by atoms with Crippen LogP contribution in [0.25, 0.3) is 21.8 Å². The first-order valence-electron chi connectivity index (χ1n) is 10.2. The van der Waals surface area contributed by atoms with Gasteiger partial charge in [-0.25, -0.2) is 0 Å². The van der Waals surface area contributed by atoms with Gasteiger partial charge in [-0.2, -0.15) is 0 Å². The Morgan fingerprint density at radius 2 is 1.39 bits per heavy atom. The van der Waals surface area contributed by atoms with Gasteiger partial charge in [0, 0.05) is 17.3 Å². The minimum atomic E-state index is -0.687. The molecule has 0 aliphatic rings. The van der Waals surface area contributed by atoms with Crippen LogP contribution in [0.5, 0.6) is 0 Å². The van der Waals surface area contributed by atoms with E-state index in [0.29, 0.717) is 28.4 Å². The topological polar surface area (TPSA) is 80.2 Å². The van der Waals surface area contributed by atoms with Crippen molar-refractivity contribution >= 4 is 33.6 Å². The molecule has 3 aromatic carbocycles. The van der Waals surface area contributed by atoms with Crippen molar-refractivity contribution in [3.8, 4) is 0 Å². The number of aromatic nitrogens is 1. The van der Waals surface area contributed by atoms with Crippen LogP contribution >= 0.6 is 0 Å². The summed E-state index contributed by atoms with van der Waals surface area (Å²) in [6.45, 7) is 2.05. The van der Waals surface area contributed by atoms with E-state index in [0.717, 1.165) is 5.56 Å². The van der Waals surface area contributed by atoms with E-state index in [2.05, 4.69) is 10.6 Å². The fourth-order valence-electron chi connectivity index (χ4n) is 3.68. The third-order valence-electron chi connectivity index (χ3n) is 5.26. The minimum Gasteiger partial charge on any atom is -0.350 e. The number of nitrogens with one attached hydrogen (secondary N) is 2. The molecule has 156 valence electrons. The molecular formula is C25H23N3O3. The first kappa shape index (κ1) is 20.3. The van der Waals surface area contributed by atoms with Crippen molar-refractivity contribution in [2.24, 2.45) is 0 Å². The third-order valence-corrected chi connectivity index (χ3v) is 5.26. The molecule has 1 unspecified atom stereocenters. The molecule has 1 atom stereocenters. The lowest BCUT2D eigenvalue weighted by Crippen LogP contribution is -2.45. The Balaban J connectivity index is 1.52. The van der Waals surface area contributed by atoms with Crippen molar-refractivity contribution in [1.29, 1.82) is 0 Å². The molecule has 4 rings (SSSR count). The van der Waals surface area contributed by atoms with Crippen LogP contribution in [0.2, 0.25) is 0 Å². The second-order valence-corrected chi connectivity index (χ2v) is 7.44. The molecule has 2 N–H and O–H groups in total. The zero-order chi connectivity index (χ0) is 21.8. The smallest absolute Gasteiger partial charge is 0.242 e. The molecule has 0 saturated carbocycles. The second kappa shape index (κ2) is 8.83. The van der Waals surface area contributed by atoms with Gasteiger partial charge < -0.3 is 15.2 Å². The summed E-state index contributed by atoms with van der Waals surface area (Å²) in [6, 6.07) is 23.4. The zero-order valence-electron chi connectivity index (χ0n) is 17.2. The normalized spacial score (nSPS) is 11.9. The second-order valence-electron chi connectivity index (χ2n) is 7.44. The summed E-state index contributed by atoms with van der Waals surface area (Å²) in [7, 11) is 0. The van der Waals surface area contributed by atoms with E-state index in [1.165, 1.54) is 0 Å². The molecule has 2 amide bonds. The first-order chi connectivity index (χ1) is 15.0. The molecule has 6 nitrogen and oxygen atoms in total. The van der Waals surface area contributed by atoms with Crippen LogP contribution < -0.4 is 16.1 Å². The SMILES string of the molecule is CC(NC(=O)Cn1c2ccccc2c(=O)c2ccccc21)C(=O)NCc1ccccc1. The molecule has 6 heteroatoms.